The molecular weight excluding hydrogens is 272 g/mol. The predicted octanol–water partition coefficient (Wildman–Crippen LogP) is 3.42. The van der Waals surface area contributed by atoms with Crippen LogP contribution in [0.3, 0.4) is 0 Å². The van der Waals surface area contributed by atoms with Crippen LogP contribution in [0.2, 0.25) is 0 Å². The zero-order valence-corrected chi connectivity index (χ0v) is 12.7. The lowest BCUT2D eigenvalue weighted by atomic mass is 9.93. The number of fused-ring (bicyclic) bond motifs is 1. The Kier molecular flexibility index (Phi) is 3.22. The Morgan fingerprint density at radius 1 is 0.955 bits per heavy atom. The maximum absolute atomic E-state index is 4.85. The summed E-state index contributed by atoms with van der Waals surface area (Å²) in [7, 11) is 1.94. The normalized spacial score (nSPS) is 13.9. The van der Waals surface area contributed by atoms with E-state index in [4.69, 9.17) is 9.97 Å². The molecule has 0 N–H and O–H groups in total. The molecule has 2 aromatic heterocycles. The highest BCUT2D eigenvalue weighted by atomic mass is 15.2. The number of nitrogens with zero attached hydrogens (tertiary/aromatic N) is 4. The van der Waals surface area contributed by atoms with Crippen molar-refractivity contribution < 1.29 is 0 Å². The lowest BCUT2D eigenvalue weighted by Crippen LogP contribution is -2.10. The Balaban J connectivity index is 1.92. The number of benzene rings is 1. The molecule has 0 atom stereocenters. The highest BCUT2D eigenvalue weighted by molar-refractivity contribution is 5.65. The van der Waals surface area contributed by atoms with Gasteiger partial charge in [0.05, 0.1) is 5.69 Å². The molecule has 0 saturated carbocycles. The third kappa shape index (κ3) is 2.30. The quantitative estimate of drug-likeness (QED) is 0.726. The van der Waals surface area contributed by atoms with Crippen molar-refractivity contribution in [2.75, 3.05) is 0 Å². The Labute approximate surface area is 129 Å². The van der Waals surface area contributed by atoms with Gasteiger partial charge in [-0.2, -0.15) is 5.10 Å². The van der Waals surface area contributed by atoms with E-state index in [1.165, 1.54) is 24.1 Å². The molecule has 1 aliphatic rings. The third-order valence-corrected chi connectivity index (χ3v) is 4.17. The van der Waals surface area contributed by atoms with Crippen LogP contribution in [0.1, 0.15) is 24.1 Å². The average Bonchev–Trinajstić information content (AvgIpc) is 3.01. The van der Waals surface area contributed by atoms with Crippen LogP contribution in [0.15, 0.2) is 42.6 Å². The zero-order valence-electron chi connectivity index (χ0n) is 12.7. The Hall–Kier alpha value is -2.49. The number of rotatable bonds is 2. The van der Waals surface area contributed by atoms with Gasteiger partial charge in [-0.3, -0.25) is 4.68 Å². The van der Waals surface area contributed by atoms with E-state index in [0.29, 0.717) is 0 Å². The molecule has 3 aromatic rings. The molecule has 0 fully saturated rings. The van der Waals surface area contributed by atoms with E-state index in [2.05, 4.69) is 17.2 Å². The standard InChI is InChI=1S/C18H18N4/c1-22-12-11-16(21-22)17-14-9-5-6-10-15(14)19-18(20-17)13-7-3-2-4-8-13/h2-4,7-8,11-12H,5-6,9-10H2,1H3. The van der Waals surface area contributed by atoms with E-state index in [0.717, 1.165) is 35.6 Å². The number of aryl methyl sites for hydroxylation is 2. The highest BCUT2D eigenvalue weighted by Gasteiger charge is 2.20. The van der Waals surface area contributed by atoms with Crippen molar-refractivity contribution in [2.45, 2.75) is 25.7 Å². The molecule has 4 rings (SSSR count). The molecule has 0 aliphatic heterocycles. The zero-order chi connectivity index (χ0) is 14.9. The second-order valence-corrected chi connectivity index (χ2v) is 5.77. The van der Waals surface area contributed by atoms with Gasteiger partial charge in [0.25, 0.3) is 0 Å². The van der Waals surface area contributed by atoms with Crippen LogP contribution in [0.5, 0.6) is 0 Å². The van der Waals surface area contributed by atoms with Crippen molar-refractivity contribution in [2.24, 2.45) is 7.05 Å². The number of aromatic nitrogens is 4. The predicted molar refractivity (Wildman–Crippen MR) is 86.3 cm³/mol. The molecule has 4 heteroatoms. The van der Waals surface area contributed by atoms with Gasteiger partial charge in [-0.25, -0.2) is 9.97 Å². The lowest BCUT2D eigenvalue weighted by Gasteiger charge is -2.18. The maximum atomic E-state index is 4.85. The largest absolute Gasteiger partial charge is 0.275 e. The van der Waals surface area contributed by atoms with Gasteiger partial charge in [0, 0.05) is 30.1 Å². The number of hydrogen-bond donors (Lipinski definition) is 0. The molecule has 0 radical (unpaired) electrons. The molecule has 0 bridgehead atoms. The van der Waals surface area contributed by atoms with E-state index < -0.39 is 0 Å². The van der Waals surface area contributed by atoms with Gasteiger partial charge < -0.3 is 0 Å². The van der Waals surface area contributed by atoms with Gasteiger partial charge >= 0.3 is 0 Å². The molecule has 0 unspecified atom stereocenters. The summed E-state index contributed by atoms with van der Waals surface area (Å²) in [6.07, 6.45) is 6.48. The van der Waals surface area contributed by atoms with E-state index in [1.54, 1.807) is 0 Å². The van der Waals surface area contributed by atoms with Gasteiger partial charge in [-0.1, -0.05) is 30.3 Å². The molecule has 0 saturated heterocycles. The highest BCUT2D eigenvalue weighted by Crippen LogP contribution is 2.30. The maximum Gasteiger partial charge on any atom is 0.160 e. The first-order valence-corrected chi connectivity index (χ1v) is 7.76. The summed E-state index contributed by atoms with van der Waals surface area (Å²) in [6.45, 7) is 0. The smallest absolute Gasteiger partial charge is 0.160 e. The van der Waals surface area contributed by atoms with Crippen LogP contribution in [0.4, 0.5) is 0 Å². The second-order valence-electron chi connectivity index (χ2n) is 5.77. The summed E-state index contributed by atoms with van der Waals surface area (Å²) in [5.74, 6) is 0.807. The van der Waals surface area contributed by atoms with E-state index >= 15 is 0 Å². The first-order valence-electron chi connectivity index (χ1n) is 7.76. The van der Waals surface area contributed by atoms with Gasteiger partial charge in [-0.15, -0.1) is 0 Å². The molecule has 1 aliphatic carbocycles. The summed E-state index contributed by atoms with van der Waals surface area (Å²) in [5.41, 5.74) is 5.49. The molecule has 4 nitrogen and oxygen atoms in total. The average molecular weight is 290 g/mol. The van der Waals surface area contributed by atoms with Crippen molar-refractivity contribution in [3.8, 4) is 22.8 Å². The molecule has 0 amide bonds. The molecule has 22 heavy (non-hydrogen) atoms. The van der Waals surface area contributed by atoms with Gasteiger partial charge in [0.1, 0.15) is 5.69 Å². The van der Waals surface area contributed by atoms with E-state index in [9.17, 15) is 0 Å². The van der Waals surface area contributed by atoms with Crippen LogP contribution >= 0.6 is 0 Å². The van der Waals surface area contributed by atoms with Crippen LogP contribution in [-0.2, 0) is 19.9 Å². The molecule has 2 heterocycles. The van der Waals surface area contributed by atoms with Crippen LogP contribution in [-0.4, -0.2) is 19.7 Å². The van der Waals surface area contributed by atoms with Crippen LogP contribution in [0.25, 0.3) is 22.8 Å². The summed E-state index contributed by atoms with van der Waals surface area (Å²) in [5, 5.41) is 4.55. The van der Waals surface area contributed by atoms with Crippen molar-refractivity contribution in [3.05, 3.63) is 53.9 Å². The molecule has 110 valence electrons. The van der Waals surface area contributed by atoms with Gasteiger partial charge in [0.15, 0.2) is 5.82 Å². The summed E-state index contributed by atoms with van der Waals surface area (Å²) in [6, 6.07) is 12.2. The first kappa shape index (κ1) is 13.2. The monoisotopic (exact) mass is 290 g/mol. The lowest BCUT2D eigenvalue weighted by molar-refractivity contribution is 0.664. The van der Waals surface area contributed by atoms with E-state index in [1.807, 2.05) is 42.2 Å². The summed E-state index contributed by atoms with van der Waals surface area (Å²) >= 11 is 0. The molecular formula is C18H18N4. The molecule has 1 aromatic carbocycles. The number of hydrogen-bond acceptors (Lipinski definition) is 3. The van der Waals surface area contributed by atoms with Crippen LogP contribution < -0.4 is 0 Å². The topological polar surface area (TPSA) is 43.6 Å². The third-order valence-electron chi connectivity index (χ3n) is 4.17. The Morgan fingerprint density at radius 2 is 1.77 bits per heavy atom. The van der Waals surface area contributed by atoms with Gasteiger partial charge in [0.2, 0.25) is 0 Å². The van der Waals surface area contributed by atoms with Gasteiger partial charge in [-0.05, 0) is 31.7 Å². The minimum Gasteiger partial charge on any atom is -0.275 e. The minimum absolute atomic E-state index is 0.807. The Morgan fingerprint density at radius 3 is 2.55 bits per heavy atom. The van der Waals surface area contributed by atoms with Crippen LogP contribution in [0, 0.1) is 0 Å². The van der Waals surface area contributed by atoms with Crippen molar-refractivity contribution >= 4 is 0 Å². The van der Waals surface area contributed by atoms with E-state index in [-0.39, 0.29) is 0 Å². The second kappa shape index (κ2) is 5.37. The summed E-state index contributed by atoms with van der Waals surface area (Å²) < 4.78 is 1.83. The molecule has 0 spiro atoms. The van der Waals surface area contributed by atoms with Crippen molar-refractivity contribution in [1.29, 1.82) is 0 Å². The Bertz CT molecular complexity index is 805. The fourth-order valence-corrected chi connectivity index (χ4v) is 3.06. The fraction of sp³-hybridized carbons (Fsp3) is 0.278. The van der Waals surface area contributed by atoms with Crippen molar-refractivity contribution in [3.63, 3.8) is 0 Å². The minimum atomic E-state index is 0.807. The van der Waals surface area contributed by atoms with Crippen molar-refractivity contribution in [1.82, 2.24) is 19.7 Å². The SMILES string of the molecule is Cn1ccc(-c2nc(-c3ccccc3)nc3c2CCCC3)n1. The fourth-order valence-electron chi connectivity index (χ4n) is 3.06. The first-order chi connectivity index (χ1) is 10.8. The summed E-state index contributed by atoms with van der Waals surface area (Å²) in [4.78, 5) is 9.68.